The first-order chi connectivity index (χ1) is 28.2. The maximum atomic E-state index is 13.1. The summed E-state index contributed by atoms with van der Waals surface area (Å²) in [5.41, 5.74) is 0.223. The molecule has 6 aliphatic rings. The molecule has 0 heterocycles. The maximum Gasteiger partial charge on any atom is 0.317 e. The molecular weight excluding hydrogens is 768 g/mol. The van der Waals surface area contributed by atoms with Gasteiger partial charge in [0.15, 0.2) is 0 Å². The van der Waals surface area contributed by atoms with E-state index < -0.39 is 58.6 Å². The summed E-state index contributed by atoms with van der Waals surface area (Å²) < 4.78 is 18.9. The Labute approximate surface area is 347 Å². The largest absolute Gasteiger partial charge is 0.481 e. The Morgan fingerprint density at radius 3 is 1.42 bits per heavy atom. The topological polar surface area (TPSA) is 224 Å². The lowest BCUT2D eigenvalue weighted by Gasteiger charge is -2.47. The van der Waals surface area contributed by atoms with Gasteiger partial charge < -0.3 is 24.4 Å². The molecule has 0 aromatic rings. The molecule has 16 nitrogen and oxygen atoms in total. The van der Waals surface area contributed by atoms with E-state index in [1.165, 1.54) is 0 Å². The number of nitro groups is 2. The highest BCUT2D eigenvalue weighted by atomic mass is 17.2. The number of hydrogen-bond acceptors (Lipinski definition) is 12. The fourth-order valence-corrected chi connectivity index (χ4v) is 11.8. The maximum absolute atomic E-state index is 13.1. The lowest BCUT2D eigenvalue weighted by Crippen LogP contribution is -2.47. The van der Waals surface area contributed by atoms with Crippen LogP contribution in [0.3, 0.4) is 0 Å². The molecule has 0 aromatic carbocycles. The number of carbonyl (C=O) groups excluding carboxylic acids is 1. The van der Waals surface area contributed by atoms with Crippen molar-refractivity contribution in [2.24, 2.45) is 40.9 Å². The van der Waals surface area contributed by atoms with E-state index in [1.54, 1.807) is 0 Å². The van der Waals surface area contributed by atoms with E-state index in [0.29, 0.717) is 50.4 Å². The van der Waals surface area contributed by atoms with Crippen LogP contribution < -0.4 is 0 Å². The molecule has 0 aromatic heterocycles. The van der Waals surface area contributed by atoms with Crippen molar-refractivity contribution in [2.75, 3.05) is 6.61 Å². The minimum Gasteiger partial charge on any atom is -0.481 e. The standard InChI is InChI=1S/C43H68N2O14/c1-43(2,26-9-13-28(14-10-26)56-30-17-19-32(20-18-30)58-42(50)39-35(41(48)49)6-4-8-38(39)45(53)54)27-11-15-29(16-12-27)57-31-21-23-33(24-22-31)59-55-25-36-34(40(46)47)5-3-7-37(36)44(51)52/h26-39H,3-25H2,1-2H3,(H,46,47)(H,48,49). The van der Waals surface area contributed by atoms with E-state index in [1.807, 2.05) is 0 Å². The number of carboxylic acids is 2. The third-order valence-electron chi connectivity index (χ3n) is 15.5. The van der Waals surface area contributed by atoms with Crippen LogP contribution in [0.4, 0.5) is 0 Å². The first kappa shape index (κ1) is 45.6. The summed E-state index contributed by atoms with van der Waals surface area (Å²) in [7, 11) is 0. The molecule has 0 bridgehead atoms. The van der Waals surface area contributed by atoms with Crippen LogP contribution in [0.5, 0.6) is 0 Å². The number of aliphatic carboxylic acids is 2. The van der Waals surface area contributed by atoms with E-state index in [4.69, 9.17) is 24.0 Å². The smallest absolute Gasteiger partial charge is 0.317 e. The van der Waals surface area contributed by atoms with Gasteiger partial charge in [-0.15, -0.1) is 0 Å². The first-order valence-electron chi connectivity index (χ1n) is 22.7. The van der Waals surface area contributed by atoms with Gasteiger partial charge in [0.05, 0.1) is 54.9 Å². The Morgan fingerprint density at radius 1 is 0.559 bits per heavy atom. The third kappa shape index (κ3) is 11.7. The second-order valence-electron chi connectivity index (χ2n) is 19.3. The van der Waals surface area contributed by atoms with Crippen LogP contribution in [-0.2, 0) is 38.4 Å². The monoisotopic (exact) mass is 836 g/mol. The van der Waals surface area contributed by atoms with Gasteiger partial charge in [-0.3, -0.25) is 34.6 Å². The van der Waals surface area contributed by atoms with Crippen LogP contribution in [-0.4, -0.2) is 93.3 Å². The van der Waals surface area contributed by atoms with Crippen LogP contribution in [0.25, 0.3) is 0 Å². The molecule has 2 N–H and O–H groups in total. The summed E-state index contributed by atoms with van der Waals surface area (Å²) in [6.07, 6.45) is 17.1. The molecule has 0 spiro atoms. The van der Waals surface area contributed by atoms with Gasteiger partial charge in [0, 0.05) is 22.7 Å². The van der Waals surface area contributed by atoms with Crippen LogP contribution in [0.15, 0.2) is 0 Å². The highest BCUT2D eigenvalue weighted by Crippen LogP contribution is 2.49. The molecule has 6 fully saturated rings. The van der Waals surface area contributed by atoms with Crippen molar-refractivity contribution in [1.29, 1.82) is 0 Å². The summed E-state index contributed by atoms with van der Waals surface area (Å²) in [6, 6.07) is -2.15. The van der Waals surface area contributed by atoms with Crippen molar-refractivity contribution in [3.8, 4) is 0 Å². The number of nitrogens with zero attached hydrogens (tertiary/aromatic N) is 2. The fourth-order valence-electron chi connectivity index (χ4n) is 11.8. The number of ether oxygens (including phenoxy) is 3. The molecule has 0 radical (unpaired) electrons. The molecule has 16 heteroatoms. The average Bonchev–Trinajstić information content (AvgIpc) is 3.22. The van der Waals surface area contributed by atoms with Crippen molar-refractivity contribution in [2.45, 2.75) is 204 Å². The molecule has 59 heavy (non-hydrogen) atoms. The third-order valence-corrected chi connectivity index (χ3v) is 15.5. The van der Waals surface area contributed by atoms with Gasteiger partial charge in [-0.25, -0.2) is 9.78 Å². The molecule has 6 atom stereocenters. The van der Waals surface area contributed by atoms with Crippen LogP contribution in [0.2, 0.25) is 0 Å². The van der Waals surface area contributed by atoms with E-state index in [9.17, 15) is 44.8 Å². The number of carbonyl (C=O) groups is 3. The van der Waals surface area contributed by atoms with Crippen LogP contribution in [0.1, 0.15) is 155 Å². The van der Waals surface area contributed by atoms with Crippen LogP contribution >= 0.6 is 0 Å². The van der Waals surface area contributed by atoms with Gasteiger partial charge >= 0.3 is 17.9 Å². The van der Waals surface area contributed by atoms with Crippen molar-refractivity contribution >= 4 is 17.9 Å². The Balaban J connectivity index is 0.844. The minimum atomic E-state index is -1.25. The first-order valence-corrected chi connectivity index (χ1v) is 22.7. The van der Waals surface area contributed by atoms with Gasteiger partial charge in [-0.05, 0) is 146 Å². The second kappa shape index (κ2) is 20.7. The van der Waals surface area contributed by atoms with Crippen molar-refractivity contribution < 1.29 is 58.4 Å². The van der Waals surface area contributed by atoms with Gasteiger partial charge in [0.1, 0.15) is 12.0 Å². The normalized spacial score (nSPS) is 38.5. The number of hydrogen-bond donors (Lipinski definition) is 2. The number of carboxylic acid groups (broad SMARTS) is 2. The van der Waals surface area contributed by atoms with Gasteiger partial charge in [0.25, 0.3) is 0 Å². The Kier molecular flexibility index (Phi) is 16.0. The summed E-state index contributed by atoms with van der Waals surface area (Å²) in [4.78, 5) is 70.1. The predicted molar refractivity (Wildman–Crippen MR) is 211 cm³/mol. The number of rotatable bonds is 16. The molecular formula is C43H68N2O14. The Morgan fingerprint density at radius 2 is 0.966 bits per heavy atom. The van der Waals surface area contributed by atoms with Gasteiger partial charge in [-0.2, -0.15) is 0 Å². The molecule has 6 unspecified atom stereocenters. The Hall–Kier alpha value is -2.95. The highest BCUT2D eigenvalue weighted by molar-refractivity contribution is 5.82. The predicted octanol–water partition coefficient (Wildman–Crippen LogP) is 7.57. The average molecular weight is 837 g/mol. The zero-order valence-electron chi connectivity index (χ0n) is 35.0. The quantitative estimate of drug-likeness (QED) is 0.0662. The van der Waals surface area contributed by atoms with E-state index in [0.717, 1.165) is 89.9 Å². The molecule has 334 valence electrons. The zero-order chi connectivity index (χ0) is 42.3. The fraction of sp³-hybridized carbons (Fsp3) is 0.930. The molecule has 6 saturated carbocycles. The number of esters is 1. The summed E-state index contributed by atoms with van der Waals surface area (Å²) in [5.74, 6) is -5.49. The highest BCUT2D eigenvalue weighted by Gasteiger charge is 2.50. The van der Waals surface area contributed by atoms with Gasteiger partial charge in [0.2, 0.25) is 12.1 Å². The lowest BCUT2D eigenvalue weighted by molar-refractivity contribution is -0.541. The Bertz CT molecular complexity index is 1380. The van der Waals surface area contributed by atoms with E-state index >= 15 is 0 Å². The van der Waals surface area contributed by atoms with Crippen LogP contribution in [0, 0.1) is 61.2 Å². The van der Waals surface area contributed by atoms with E-state index in [-0.39, 0.29) is 66.4 Å². The SMILES string of the molecule is CC(C)(C1CCC(OC2CCC(OOCC3C(C(=O)O)CCCC3[N+](=O)[O-])CC2)CC1)C1CCC(OC2CCC(OC(=O)C3C(C(=O)O)CCCC3[N+](=O)[O-])CC2)CC1. The molecule has 0 amide bonds. The summed E-state index contributed by atoms with van der Waals surface area (Å²) >= 11 is 0. The summed E-state index contributed by atoms with van der Waals surface area (Å²) in [5, 5.41) is 42.4. The molecule has 6 rings (SSSR count). The second-order valence-corrected chi connectivity index (χ2v) is 19.3. The zero-order valence-corrected chi connectivity index (χ0v) is 35.0. The molecule has 0 saturated heterocycles. The van der Waals surface area contributed by atoms with Crippen molar-refractivity contribution in [3.63, 3.8) is 0 Å². The van der Waals surface area contributed by atoms with E-state index in [2.05, 4.69) is 13.8 Å². The molecule has 0 aliphatic heterocycles. The minimum absolute atomic E-state index is 0.0868. The molecule has 6 aliphatic carbocycles. The van der Waals surface area contributed by atoms with Crippen molar-refractivity contribution in [3.05, 3.63) is 20.2 Å². The van der Waals surface area contributed by atoms with Crippen molar-refractivity contribution in [1.82, 2.24) is 0 Å². The van der Waals surface area contributed by atoms with Gasteiger partial charge in [-0.1, -0.05) is 13.8 Å². The summed E-state index contributed by atoms with van der Waals surface area (Å²) in [6.45, 7) is 4.81. The lowest BCUT2D eigenvalue weighted by atomic mass is 9.60.